The highest BCUT2D eigenvalue weighted by Gasteiger charge is 2.09. The summed E-state index contributed by atoms with van der Waals surface area (Å²) in [5.74, 6) is 0.696. The van der Waals surface area contributed by atoms with E-state index < -0.39 is 0 Å². The zero-order chi connectivity index (χ0) is 12.8. The smallest absolute Gasteiger partial charge is 0.241 e. The summed E-state index contributed by atoms with van der Waals surface area (Å²) >= 11 is 0. The third-order valence-electron chi connectivity index (χ3n) is 3.45. The van der Waals surface area contributed by atoms with Crippen molar-refractivity contribution in [2.75, 3.05) is 7.05 Å². The van der Waals surface area contributed by atoms with Crippen molar-refractivity contribution in [3.8, 4) is 0 Å². The van der Waals surface area contributed by atoms with E-state index in [0.29, 0.717) is 0 Å². The van der Waals surface area contributed by atoms with Crippen molar-refractivity contribution in [1.82, 2.24) is 15.1 Å². The van der Waals surface area contributed by atoms with Gasteiger partial charge in [-0.2, -0.15) is 5.10 Å². The van der Waals surface area contributed by atoms with Gasteiger partial charge in [0.25, 0.3) is 0 Å². The quantitative estimate of drug-likeness (QED) is 0.886. The second kappa shape index (κ2) is 6.38. The van der Waals surface area contributed by atoms with E-state index in [1.165, 1.54) is 32.1 Å². The standard InChI is InChI=1S/C14H21N3O/c1-15-14(18)11-17-10-13(9-16-17)8-7-12-5-3-2-4-6-12/h7-10,12H,2-6,11H2,1H3,(H,15,18)/b8-7+. The number of allylic oxidation sites excluding steroid dienone is 1. The Morgan fingerprint density at radius 1 is 1.50 bits per heavy atom. The van der Waals surface area contributed by atoms with Crippen LogP contribution < -0.4 is 5.32 Å². The molecule has 1 aromatic heterocycles. The molecule has 1 saturated carbocycles. The molecule has 18 heavy (non-hydrogen) atoms. The van der Waals surface area contributed by atoms with Gasteiger partial charge in [-0.3, -0.25) is 9.48 Å². The topological polar surface area (TPSA) is 46.9 Å². The van der Waals surface area contributed by atoms with Gasteiger partial charge in [-0.25, -0.2) is 0 Å². The Bertz CT molecular complexity index is 416. The number of nitrogens with one attached hydrogen (secondary N) is 1. The first-order chi connectivity index (χ1) is 8.78. The van der Waals surface area contributed by atoms with Gasteiger partial charge in [-0.15, -0.1) is 0 Å². The highest BCUT2D eigenvalue weighted by molar-refractivity contribution is 5.75. The molecule has 0 saturated heterocycles. The zero-order valence-corrected chi connectivity index (χ0v) is 10.9. The lowest BCUT2D eigenvalue weighted by atomic mass is 9.89. The molecule has 98 valence electrons. The number of carbonyl (C=O) groups is 1. The van der Waals surface area contributed by atoms with Crippen LogP contribution in [-0.2, 0) is 11.3 Å². The number of hydrogen-bond donors (Lipinski definition) is 1. The second-order valence-electron chi connectivity index (χ2n) is 4.90. The van der Waals surface area contributed by atoms with Gasteiger partial charge in [0.15, 0.2) is 0 Å². The molecule has 0 bridgehead atoms. The Balaban J connectivity index is 1.89. The molecule has 1 fully saturated rings. The van der Waals surface area contributed by atoms with Crippen LogP contribution in [0.1, 0.15) is 37.7 Å². The van der Waals surface area contributed by atoms with Crippen molar-refractivity contribution in [3.63, 3.8) is 0 Å². The largest absolute Gasteiger partial charge is 0.358 e. The summed E-state index contributed by atoms with van der Waals surface area (Å²) in [5, 5.41) is 6.76. The second-order valence-corrected chi connectivity index (χ2v) is 4.90. The molecule has 0 atom stereocenters. The fraction of sp³-hybridized carbons (Fsp3) is 0.571. The number of likely N-dealkylation sites (N-methyl/N-ethyl adjacent to an activating group) is 1. The Morgan fingerprint density at radius 2 is 2.28 bits per heavy atom. The van der Waals surface area contributed by atoms with Crippen LogP contribution in [0.15, 0.2) is 18.5 Å². The molecular weight excluding hydrogens is 226 g/mol. The molecule has 0 spiro atoms. The van der Waals surface area contributed by atoms with Crippen molar-refractivity contribution in [2.24, 2.45) is 5.92 Å². The summed E-state index contributed by atoms with van der Waals surface area (Å²) in [4.78, 5) is 11.2. The van der Waals surface area contributed by atoms with E-state index in [0.717, 1.165) is 11.5 Å². The fourth-order valence-corrected chi connectivity index (χ4v) is 2.35. The summed E-state index contributed by atoms with van der Waals surface area (Å²) in [6.07, 6.45) is 14.8. The fourth-order valence-electron chi connectivity index (χ4n) is 2.35. The number of amides is 1. The predicted molar refractivity (Wildman–Crippen MR) is 71.9 cm³/mol. The SMILES string of the molecule is CNC(=O)Cn1cc(/C=C/C2CCCCC2)cn1. The molecular formula is C14H21N3O. The van der Waals surface area contributed by atoms with E-state index in [9.17, 15) is 4.79 Å². The van der Waals surface area contributed by atoms with Crippen LogP contribution >= 0.6 is 0 Å². The van der Waals surface area contributed by atoms with Crippen LogP contribution in [0.2, 0.25) is 0 Å². The van der Waals surface area contributed by atoms with Crippen molar-refractivity contribution in [1.29, 1.82) is 0 Å². The summed E-state index contributed by atoms with van der Waals surface area (Å²) in [5.41, 5.74) is 1.07. The van der Waals surface area contributed by atoms with E-state index in [1.54, 1.807) is 11.7 Å². The first kappa shape index (κ1) is 12.9. The van der Waals surface area contributed by atoms with E-state index in [1.807, 2.05) is 12.4 Å². The maximum Gasteiger partial charge on any atom is 0.241 e. The van der Waals surface area contributed by atoms with Crippen molar-refractivity contribution in [2.45, 2.75) is 38.6 Å². The molecule has 2 rings (SSSR count). The van der Waals surface area contributed by atoms with Crippen LogP contribution in [0.4, 0.5) is 0 Å². The monoisotopic (exact) mass is 247 g/mol. The van der Waals surface area contributed by atoms with Gasteiger partial charge in [0.05, 0.1) is 6.20 Å². The summed E-state index contributed by atoms with van der Waals surface area (Å²) in [6, 6.07) is 0. The number of aromatic nitrogens is 2. The summed E-state index contributed by atoms with van der Waals surface area (Å²) in [6.45, 7) is 0.285. The molecule has 0 radical (unpaired) electrons. The minimum absolute atomic E-state index is 0.0269. The maximum absolute atomic E-state index is 11.2. The number of hydrogen-bond acceptors (Lipinski definition) is 2. The molecule has 4 heteroatoms. The van der Waals surface area contributed by atoms with Crippen LogP contribution in [-0.4, -0.2) is 22.7 Å². The summed E-state index contributed by atoms with van der Waals surface area (Å²) < 4.78 is 1.67. The van der Waals surface area contributed by atoms with Crippen LogP contribution in [0, 0.1) is 5.92 Å². The van der Waals surface area contributed by atoms with E-state index >= 15 is 0 Å². The van der Waals surface area contributed by atoms with Gasteiger partial charge in [0.1, 0.15) is 6.54 Å². The molecule has 1 aliphatic carbocycles. The highest BCUT2D eigenvalue weighted by Crippen LogP contribution is 2.25. The molecule has 1 amide bonds. The molecule has 0 aromatic carbocycles. The number of nitrogens with zero attached hydrogens (tertiary/aromatic N) is 2. The molecule has 1 N–H and O–H groups in total. The Hall–Kier alpha value is -1.58. The van der Waals surface area contributed by atoms with Crippen LogP contribution in [0.5, 0.6) is 0 Å². The molecule has 1 aromatic rings. The lowest BCUT2D eigenvalue weighted by Crippen LogP contribution is -2.23. The normalized spacial score (nSPS) is 17.2. The Kier molecular flexibility index (Phi) is 4.56. The molecule has 1 heterocycles. The van der Waals surface area contributed by atoms with E-state index in [4.69, 9.17) is 0 Å². The van der Waals surface area contributed by atoms with Crippen LogP contribution in [0.3, 0.4) is 0 Å². The Morgan fingerprint density at radius 3 is 3.00 bits per heavy atom. The third kappa shape index (κ3) is 3.72. The summed E-state index contributed by atoms with van der Waals surface area (Å²) in [7, 11) is 1.63. The van der Waals surface area contributed by atoms with Crippen molar-refractivity contribution >= 4 is 12.0 Å². The average Bonchev–Trinajstić information content (AvgIpc) is 2.85. The van der Waals surface area contributed by atoms with Gasteiger partial charge < -0.3 is 5.32 Å². The van der Waals surface area contributed by atoms with Gasteiger partial charge in [-0.05, 0) is 18.8 Å². The van der Waals surface area contributed by atoms with Crippen LogP contribution in [0.25, 0.3) is 6.08 Å². The first-order valence-electron chi connectivity index (χ1n) is 6.69. The van der Waals surface area contributed by atoms with Gasteiger partial charge >= 0.3 is 0 Å². The van der Waals surface area contributed by atoms with Gasteiger partial charge in [0, 0.05) is 18.8 Å². The predicted octanol–water partition coefficient (Wildman–Crippen LogP) is 2.22. The minimum atomic E-state index is -0.0269. The highest BCUT2D eigenvalue weighted by atomic mass is 16.1. The first-order valence-corrected chi connectivity index (χ1v) is 6.69. The third-order valence-corrected chi connectivity index (χ3v) is 3.45. The minimum Gasteiger partial charge on any atom is -0.358 e. The molecule has 1 aliphatic rings. The maximum atomic E-state index is 11.2. The zero-order valence-electron chi connectivity index (χ0n) is 10.9. The van der Waals surface area contributed by atoms with Crippen molar-refractivity contribution < 1.29 is 4.79 Å². The lowest BCUT2D eigenvalue weighted by molar-refractivity contribution is -0.121. The number of carbonyl (C=O) groups excluding carboxylic acids is 1. The van der Waals surface area contributed by atoms with Gasteiger partial charge in [0.2, 0.25) is 5.91 Å². The average molecular weight is 247 g/mol. The molecule has 0 unspecified atom stereocenters. The van der Waals surface area contributed by atoms with E-state index in [-0.39, 0.29) is 12.5 Å². The number of rotatable bonds is 4. The Labute approximate surface area is 108 Å². The lowest BCUT2D eigenvalue weighted by Gasteiger charge is -2.17. The van der Waals surface area contributed by atoms with Crippen molar-refractivity contribution in [3.05, 3.63) is 24.0 Å². The molecule has 0 aliphatic heterocycles. The molecule has 4 nitrogen and oxygen atoms in total. The van der Waals surface area contributed by atoms with E-state index in [2.05, 4.69) is 22.6 Å². The van der Waals surface area contributed by atoms with Gasteiger partial charge in [-0.1, -0.05) is 31.4 Å².